The Kier molecular flexibility index (Phi) is 5.43. The number of rotatable bonds is 4. The monoisotopic (exact) mass is 529 g/mol. The summed E-state index contributed by atoms with van der Waals surface area (Å²) < 4.78 is 17.0. The van der Waals surface area contributed by atoms with Crippen LogP contribution in [0.15, 0.2) is 59.4 Å². The molecule has 0 aliphatic carbocycles. The number of carbonyl (C=O) groups is 2. The van der Waals surface area contributed by atoms with Crippen LogP contribution in [-0.2, 0) is 28.3 Å². The number of fused-ring (bicyclic) bond motifs is 5. The van der Waals surface area contributed by atoms with E-state index >= 15 is 0 Å². The lowest BCUT2D eigenvalue weighted by Gasteiger charge is -2.31. The number of hydrogen-bond donors (Lipinski definition) is 1. The third-order valence-electron chi connectivity index (χ3n) is 6.93. The molecular formula is C27H19N3O9. The maximum Gasteiger partial charge on any atom is 0.519 e. The Hall–Kier alpha value is -5.10. The molecule has 0 bridgehead atoms. The van der Waals surface area contributed by atoms with Crippen molar-refractivity contribution < 1.29 is 33.8 Å². The molecule has 4 aromatic rings. The molecule has 0 saturated heterocycles. The number of benzene rings is 2. The Balaban J connectivity index is 1.29. The molecule has 12 heteroatoms. The molecule has 4 heterocycles. The number of esters is 1. The van der Waals surface area contributed by atoms with Crippen LogP contribution < -0.4 is 15.0 Å². The average molecular weight is 529 g/mol. The van der Waals surface area contributed by atoms with Gasteiger partial charge in [-0.2, -0.15) is 0 Å². The van der Waals surface area contributed by atoms with E-state index in [0.717, 1.165) is 5.56 Å². The quantitative estimate of drug-likeness (QED) is 0.158. The zero-order valence-corrected chi connectivity index (χ0v) is 20.4. The summed E-state index contributed by atoms with van der Waals surface area (Å²) in [6.07, 6.45) is -0.975. The molecule has 2 aromatic carbocycles. The second-order valence-corrected chi connectivity index (χ2v) is 9.16. The van der Waals surface area contributed by atoms with Crippen molar-refractivity contribution in [2.75, 3.05) is 0 Å². The van der Waals surface area contributed by atoms with Crippen molar-refractivity contribution in [3.05, 3.63) is 91.8 Å². The van der Waals surface area contributed by atoms with Gasteiger partial charge in [-0.15, -0.1) is 0 Å². The van der Waals surface area contributed by atoms with Gasteiger partial charge >= 0.3 is 12.1 Å². The Bertz CT molecular complexity index is 1780. The van der Waals surface area contributed by atoms with Gasteiger partial charge in [0.15, 0.2) is 5.60 Å². The Morgan fingerprint density at radius 1 is 1.13 bits per heavy atom. The van der Waals surface area contributed by atoms with E-state index in [1.807, 2.05) is 6.07 Å². The Morgan fingerprint density at radius 2 is 1.85 bits per heavy atom. The first-order chi connectivity index (χ1) is 18.7. The van der Waals surface area contributed by atoms with Crippen LogP contribution >= 0.6 is 0 Å². The van der Waals surface area contributed by atoms with Crippen molar-refractivity contribution >= 4 is 28.7 Å². The lowest BCUT2D eigenvalue weighted by molar-refractivity contribution is -0.384. The van der Waals surface area contributed by atoms with E-state index in [9.17, 15) is 29.6 Å². The first kappa shape index (κ1) is 24.2. The van der Waals surface area contributed by atoms with Crippen LogP contribution in [-0.4, -0.2) is 31.7 Å². The highest BCUT2D eigenvalue weighted by Crippen LogP contribution is 2.39. The number of aromatic nitrogens is 2. The number of nitro groups is 1. The number of non-ortho nitro benzene ring substituents is 1. The molecule has 6 rings (SSSR count). The predicted octanol–water partition coefficient (Wildman–Crippen LogP) is 3.57. The van der Waals surface area contributed by atoms with E-state index in [-0.39, 0.29) is 53.4 Å². The van der Waals surface area contributed by atoms with Gasteiger partial charge in [-0.3, -0.25) is 14.9 Å². The lowest BCUT2D eigenvalue weighted by Crippen LogP contribution is -2.44. The van der Waals surface area contributed by atoms with Gasteiger partial charge in [-0.05, 0) is 48.9 Å². The van der Waals surface area contributed by atoms with E-state index in [4.69, 9.17) is 19.2 Å². The summed E-state index contributed by atoms with van der Waals surface area (Å²) in [5.41, 5.74) is 0.408. The number of ether oxygens (including phenoxy) is 3. The van der Waals surface area contributed by atoms with Crippen molar-refractivity contribution in [1.82, 2.24) is 9.55 Å². The molecule has 0 amide bonds. The molecule has 39 heavy (non-hydrogen) atoms. The van der Waals surface area contributed by atoms with Gasteiger partial charge in [-0.25, -0.2) is 14.6 Å². The molecule has 1 atom stereocenters. The van der Waals surface area contributed by atoms with Crippen LogP contribution in [0.2, 0.25) is 0 Å². The van der Waals surface area contributed by atoms with E-state index in [2.05, 4.69) is 0 Å². The molecule has 1 N–H and O–H groups in total. The van der Waals surface area contributed by atoms with Crippen molar-refractivity contribution in [3.63, 3.8) is 0 Å². The highest BCUT2D eigenvalue weighted by atomic mass is 16.7. The van der Waals surface area contributed by atoms with Crippen LogP contribution in [0.3, 0.4) is 0 Å². The fourth-order valence-corrected chi connectivity index (χ4v) is 4.88. The highest BCUT2D eigenvalue weighted by molar-refractivity contribution is 5.87. The third kappa shape index (κ3) is 3.89. The van der Waals surface area contributed by atoms with Gasteiger partial charge in [0.25, 0.3) is 11.2 Å². The van der Waals surface area contributed by atoms with Crippen LogP contribution in [0.25, 0.3) is 22.3 Å². The SMILES string of the molecule is CC[C@@]1(O)C(=O)OCc2c1cc1n(c2=O)Cc2cc3cc(OC(=O)Oc4ccc([N+](=O)[O-])cc4)ccc3nc2-1. The average Bonchev–Trinajstić information content (AvgIpc) is 3.27. The summed E-state index contributed by atoms with van der Waals surface area (Å²) in [6.45, 7) is 1.66. The zero-order chi connectivity index (χ0) is 27.5. The molecule has 0 fully saturated rings. The molecule has 196 valence electrons. The normalized spacial score (nSPS) is 17.1. The Labute approximate surface area is 219 Å². The molecule has 2 aliphatic rings. The molecule has 0 radical (unpaired) electrons. The van der Waals surface area contributed by atoms with Crippen LogP contribution in [0.4, 0.5) is 10.5 Å². The van der Waals surface area contributed by atoms with Gasteiger partial charge < -0.3 is 23.9 Å². The standard InChI is InChI=1S/C27H19N3O9/c1-2-27(34)20-11-22-23-15(12-29(22)24(31)19(20)13-37-25(27)32)9-14-10-18(7-8-21(14)28-23)39-26(33)38-17-5-3-16(4-6-17)30(35)36/h3-11,34H,2,12-13H2,1H3/t27-/m0/s1. The second kappa shape index (κ2) is 8.74. The minimum Gasteiger partial charge on any atom is -0.458 e. The maximum atomic E-state index is 13.3. The number of nitrogens with zero attached hydrogens (tertiary/aromatic N) is 3. The summed E-state index contributed by atoms with van der Waals surface area (Å²) >= 11 is 0. The van der Waals surface area contributed by atoms with Crippen molar-refractivity contribution in [2.45, 2.75) is 32.1 Å². The molecule has 2 aliphatic heterocycles. The number of pyridine rings is 2. The molecule has 0 unspecified atom stereocenters. The summed E-state index contributed by atoms with van der Waals surface area (Å²) in [5, 5.41) is 22.4. The number of carbonyl (C=O) groups excluding carboxylic acids is 2. The van der Waals surface area contributed by atoms with E-state index in [0.29, 0.717) is 22.3 Å². The first-order valence-corrected chi connectivity index (χ1v) is 11.9. The predicted molar refractivity (Wildman–Crippen MR) is 134 cm³/mol. The summed E-state index contributed by atoms with van der Waals surface area (Å²) in [4.78, 5) is 52.8. The fraction of sp³-hybridized carbons (Fsp3) is 0.185. The first-order valence-electron chi connectivity index (χ1n) is 11.9. The van der Waals surface area contributed by atoms with Crippen molar-refractivity contribution in [1.29, 1.82) is 0 Å². The van der Waals surface area contributed by atoms with Gasteiger partial charge in [0, 0.05) is 28.6 Å². The van der Waals surface area contributed by atoms with Gasteiger partial charge in [-0.1, -0.05) is 6.92 Å². The van der Waals surface area contributed by atoms with E-state index < -0.39 is 22.6 Å². The smallest absolute Gasteiger partial charge is 0.458 e. The number of aliphatic hydroxyl groups is 1. The minimum absolute atomic E-state index is 0.0507. The minimum atomic E-state index is -1.91. The molecule has 12 nitrogen and oxygen atoms in total. The maximum absolute atomic E-state index is 13.3. The summed E-state index contributed by atoms with van der Waals surface area (Å²) in [6, 6.07) is 13.2. The highest BCUT2D eigenvalue weighted by Gasteiger charge is 2.45. The molecule has 0 saturated carbocycles. The van der Waals surface area contributed by atoms with Crippen LogP contribution in [0.1, 0.15) is 30.0 Å². The van der Waals surface area contributed by atoms with Gasteiger partial charge in [0.05, 0.1) is 33.9 Å². The van der Waals surface area contributed by atoms with Crippen molar-refractivity contribution in [3.8, 4) is 22.9 Å². The molecule has 2 aromatic heterocycles. The van der Waals surface area contributed by atoms with Gasteiger partial charge in [0.2, 0.25) is 0 Å². The molecular weight excluding hydrogens is 510 g/mol. The zero-order valence-electron chi connectivity index (χ0n) is 20.4. The number of cyclic esters (lactones) is 1. The largest absolute Gasteiger partial charge is 0.519 e. The third-order valence-corrected chi connectivity index (χ3v) is 6.93. The van der Waals surface area contributed by atoms with Gasteiger partial charge in [0.1, 0.15) is 18.1 Å². The topological polar surface area (TPSA) is 160 Å². The summed E-state index contributed by atoms with van der Waals surface area (Å²) in [7, 11) is 0. The van der Waals surface area contributed by atoms with E-state index in [1.54, 1.807) is 25.1 Å². The number of hydrogen-bond acceptors (Lipinski definition) is 10. The number of nitro benzene ring substituents is 1. The van der Waals surface area contributed by atoms with Crippen molar-refractivity contribution in [2.24, 2.45) is 0 Å². The lowest BCUT2D eigenvalue weighted by atomic mass is 9.86. The fourth-order valence-electron chi connectivity index (χ4n) is 4.88. The van der Waals surface area contributed by atoms with E-state index in [1.165, 1.54) is 34.9 Å². The Morgan fingerprint density at radius 3 is 2.56 bits per heavy atom. The van der Waals surface area contributed by atoms with Crippen LogP contribution in [0.5, 0.6) is 11.5 Å². The molecule has 0 spiro atoms. The second-order valence-electron chi connectivity index (χ2n) is 9.16. The summed E-state index contributed by atoms with van der Waals surface area (Å²) in [5.74, 6) is -0.520. The van der Waals surface area contributed by atoms with Crippen LogP contribution in [0, 0.1) is 10.1 Å².